The first-order valence-electron chi connectivity index (χ1n) is 7.20. The molecule has 1 saturated heterocycles. The Morgan fingerprint density at radius 2 is 2.26 bits per heavy atom. The van der Waals surface area contributed by atoms with Gasteiger partial charge < -0.3 is 15.0 Å². The van der Waals surface area contributed by atoms with Crippen LogP contribution in [0.2, 0.25) is 0 Å². The van der Waals surface area contributed by atoms with Crippen LogP contribution >= 0.6 is 0 Å². The highest BCUT2D eigenvalue weighted by Gasteiger charge is 2.21. The second-order valence-electron chi connectivity index (χ2n) is 4.93. The first-order chi connectivity index (χ1) is 9.24. The fourth-order valence-corrected chi connectivity index (χ4v) is 2.30. The maximum Gasteiger partial charge on any atom is 0.134 e. The van der Waals surface area contributed by atoms with E-state index in [9.17, 15) is 0 Å². The van der Waals surface area contributed by atoms with Crippen LogP contribution in [0.1, 0.15) is 33.0 Å². The Morgan fingerprint density at radius 3 is 2.95 bits per heavy atom. The van der Waals surface area contributed by atoms with Gasteiger partial charge in [-0.3, -0.25) is 0 Å². The van der Waals surface area contributed by atoms with Crippen molar-refractivity contribution in [2.45, 2.75) is 39.7 Å². The maximum atomic E-state index is 5.49. The molecular weight excluding hydrogens is 240 g/mol. The molecule has 0 aromatic carbocycles. The lowest BCUT2D eigenvalue weighted by Crippen LogP contribution is -2.44. The van der Waals surface area contributed by atoms with Gasteiger partial charge in [0.1, 0.15) is 17.5 Å². The van der Waals surface area contributed by atoms with Gasteiger partial charge in [-0.2, -0.15) is 0 Å². The normalized spacial score (nSPS) is 19.5. The van der Waals surface area contributed by atoms with Gasteiger partial charge in [0.2, 0.25) is 0 Å². The molecule has 0 aliphatic carbocycles. The first kappa shape index (κ1) is 14.1. The standard InChI is InChI=1S/C14H24N4O/c1-4-6-12-16-13(15-5-2)9-14(17-12)18-7-8-19-10-11(18)3/h9,11H,4-8,10H2,1-3H3,(H,15,16,17). The Balaban J connectivity index is 2.26. The van der Waals surface area contributed by atoms with Crippen LogP contribution in [0.4, 0.5) is 11.6 Å². The number of hydrogen-bond acceptors (Lipinski definition) is 5. The van der Waals surface area contributed by atoms with Crippen LogP contribution in [0.5, 0.6) is 0 Å². The summed E-state index contributed by atoms with van der Waals surface area (Å²) in [4.78, 5) is 11.6. The molecule has 0 radical (unpaired) electrons. The average molecular weight is 264 g/mol. The van der Waals surface area contributed by atoms with Crippen LogP contribution in [-0.2, 0) is 11.2 Å². The van der Waals surface area contributed by atoms with Gasteiger partial charge in [-0.25, -0.2) is 9.97 Å². The quantitative estimate of drug-likeness (QED) is 0.882. The summed E-state index contributed by atoms with van der Waals surface area (Å²) in [5.41, 5.74) is 0. The number of rotatable bonds is 5. The van der Waals surface area contributed by atoms with Crippen molar-refractivity contribution in [1.82, 2.24) is 9.97 Å². The van der Waals surface area contributed by atoms with E-state index in [-0.39, 0.29) is 0 Å². The van der Waals surface area contributed by atoms with Crippen molar-refractivity contribution in [3.05, 3.63) is 11.9 Å². The second kappa shape index (κ2) is 6.70. The van der Waals surface area contributed by atoms with Crippen molar-refractivity contribution < 1.29 is 4.74 Å². The van der Waals surface area contributed by atoms with E-state index in [0.29, 0.717) is 6.04 Å². The lowest BCUT2D eigenvalue weighted by molar-refractivity contribution is 0.0985. The summed E-state index contributed by atoms with van der Waals surface area (Å²) in [6, 6.07) is 2.41. The fraction of sp³-hybridized carbons (Fsp3) is 0.714. The summed E-state index contributed by atoms with van der Waals surface area (Å²) in [6.07, 6.45) is 1.98. The number of aromatic nitrogens is 2. The van der Waals surface area contributed by atoms with Crippen LogP contribution in [0.15, 0.2) is 6.07 Å². The highest BCUT2D eigenvalue weighted by atomic mass is 16.5. The molecule has 0 spiro atoms. The zero-order chi connectivity index (χ0) is 13.7. The number of hydrogen-bond donors (Lipinski definition) is 1. The molecule has 5 heteroatoms. The van der Waals surface area contributed by atoms with Gasteiger partial charge >= 0.3 is 0 Å². The molecule has 1 atom stereocenters. The third-order valence-electron chi connectivity index (χ3n) is 3.25. The van der Waals surface area contributed by atoms with E-state index in [1.54, 1.807) is 0 Å². The molecule has 1 unspecified atom stereocenters. The van der Waals surface area contributed by atoms with E-state index in [1.807, 2.05) is 6.07 Å². The number of nitrogens with zero attached hydrogens (tertiary/aromatic N) is 3. The lowest BCUT2D eigenvalue weighted by Gasteiger charge is -2.34. The van der Waals surface area contributed by atoms with Crippen molar-refractivity contribution in [2.75, 3.05) is 36.5 Å². The predicted molar refractivity (Wildman–Crippen MR) is 77.8 cm³/mol. The minimum Gasteiger partial charge on any atom is -0.377 e. The Kier molecular flexibility index (Phi) is 4.96. The monoisotopic (exact) mass is 264 g/mol. The van der Waals surface area contributed by atoms with E-state index >= 15 is 0 Å². The Bertz CT molecular complexity index is 386. The number of aryl methyl sites for hydroxylation is 1. The maximum absolute atomic E-state index is 5.49. The number of morpholine rings is 1. The molecule has 2 heterocycles. The molecule has 5 nitrogen and oxygen atoms in total. The summed E-state index contributed by atoms with van der Waals surface area (Å²) in [5.74, 6) is 2.87. The number of ether oxygens (including phenoxy) is 1. The molecule has 1 aliphatic heterocycles. The molecule has 0 saturated carbocycles. The molecule has 1 N–H and O–H groups in total. The molecule has 2 rings (SSSR count). The van der Waals surface area contributed by atoms with Gasteiger partial charge in [-0.15, -0.1) is 0 Å². The average Bonchev–Trinajstić information content (AvgIpc) is 2.40. The van der Waals surface area contributed by atoms with Gasteiger partial charge in [0.15, 0.2) is 0 Å². The minimum atomic E-state index is 0.368. The topological polar surface area (TPSA) is 50.3 Å². The first-order valence-corrected chi connectivity index (χ1v) is 7.20. The number of nitrogens with one attached hydrogen (secondary N) is 1. The van der Waals surface area contributed by atoms with Crippen molar-refractivity contribution >= 4 is 11.6 Å². The molecule has 0 amide bonds. The predicted octanol–water partition coefficient (Wildman–Crippen LogP) is 2.09. The zero-order valence-electron chi connectivity index (χ0n) is 12.1. The second-order valence-corrected chi connectivity index (χ2v) is 4.93. The van der Waals surface area contributed by atoms with Gasteiger partial charge in [0, 0.05) is 25.6 Å². The highest BCUT2D eigenvalue weighted by Crippen LogP contribution is 2.20. The SMILES string of the molecule is CCCc1nc(NCC)cc(N2CCOCC2C)n1. The van der Waals surface area contributed by atoms with Gasteiger partial charge in [-0.1, -0.05) is 6.92 Å². The fourth-order valence-electron chi connectivity index (χ4n) is 2.30. The van der Waals surface area contributed by atoms with Crippen molar-refractivity contribution in [3.63, 3.8) is 0 Å². The van der Waals surface area contributed by atoms with Crippen LogP contribution in [0.25, 0.3) is 0 Å². The summed E-state index contributed by atoms with van der Waals surface area (Å²) in [5, 5.41) is 3.29. The highest BCUT2D eigenvalue weighted by molar-refractivity contribution is 5.50. The summed E-state index contributed by atoms with van der Waals surface area (Å²) in [7, 11) is 0. The summed E-state index contributed by atoms with van der Waals surface area (Å²) in [6.45, 7) is 9.72. The van der Waals surface area contributed by atoms with E-state index < -0.39 is 0 Å². The van der Waals surface area contributed by atoms with Gasteiger partial charge in [0.25, 0.3) is 0 Å². The Hall–Kier alpha value is -1.36. The third-order valence-corrected chi connectivity index (χ3v) is 3.25. The van der Waals surface area contributed by atoms with E-state index in [1.165, 1.54) is 0 Å². The van der Waals surface area contributed by atoms with Gasteiger partial charge in [0.05, 0.1) is 19.3 Å². The number of anilines is 2. The molecule has 1 aliphatic rings. The van der Waals surface area contributed by atoms with Crippen molar-refractivity contribution in [3.8, 4) is 0 Å². The molecule has 1 aromatic heterocycles. The zero-order valence-corrected chi connectivity index (χ0v) is 12.1. The van der Waals surface area contributed by atoms with E-state index in [0.717, 1.165) is 56.6 Å². The Labute approximate surface area is 115 Å². The summed E-state index contributed by atoms with van der Waals surface area (Å²) >= 11 is 0. The van der Waals surface area contributed by atoms with Crippen LogP contribution in [-0.4, -0.2) is 42.3 Å². The molecule has 0 bridgehead atoms. The van der Waals surface area contributed by atoms with E-state index in [4.69, 9.17) is 9.72 Å². The summed E-state index contributed by atoms with van der Waals surface area (Å²) < 4.78 is 5.49. The molecular formula is C14H24N4O. The van der Waals surface area contributed by atoms with Crippen LogP contribution in [0, 0.1) is 0 Å². The minimum absolute atomic E-state index is 0.368. The van der Waals surface area contributed by atoms with E-state index in [2.05, 4.69) is 36.0 Å². The van der Waals surface area contributed by atoms with Gasteiger partial charge in [-0.05, 0) is 20.3 Å². The lowest BCUT2D eigenvalue weighted by atomic mass is 10.2. The van der Waals surface area contributed by atoms with Crippen molar-refractivity contribution in [2.24, 2.45) is 0 Å². The third kappa shape index (κ3) is 3.56. The molecule has 1 aromatic rings. The van der Waals surface area contributed by atoms with Crippen LogP contribution in [0.3, 0.4) is 0 Å². The Morgan fingerprint density at radius 1 is 1.42 bits per heavy atom. The largest absolute Gasteiger partial charge is 0.377 e. The smallest absolute Gasteiger partial charge is 0.134 e. The van der Waals surface area contributed by atoms with Crippen molar-refractivity contribution in [1.29, 1.82) is 0 Å². The molecule has 19 heavy (non-hydrogen) atoms. The molecule has 1 fully saturated rings. The molecule has 106 valence electrons. The van der Waals surface area contributed by atoms with Crippen LogP contribution < -0.4 is 10.2 Å².